The van der Waals surface area contributed by atoms with Gasteiger partial charge in [-0.15, -0.1) is 0 Å². The summed E-state index contributed by atoms with van der Waals surface area (Å²) in [6.45, 7) is 12.0. The number of piperidine rings is 1. The Kier molecular flexibility index (Phi) is 4.60. The fourth-order valence-electron chi connectivity index (χ4n) is 3.84. The van der Waals surface area contributed by atoms with Crippen molar-refractivity contribution in [2.24, 2.45) is 5.41 Å². The topological polar surface area (TPSA) is 32.8 Å². The first-order chi connectivity index (χ1) is 11.3. The van der Waals surface area contributed by atoms with Crippen LogP contribution in [0.5, 0.6) is 0 Å². The minimum Gasteiger partial charge on any atom is -0.444 e. The number of benzene rings is 1. The second-order valence-corrected chi connectivity index (χ2v) is 8.46. The molecule has 24 heavy (non-hydrogen) atoms. The molecule has 1 atom stereocenters. The van der Waals surface area contributed by atoms with Crippen molar-refractivity contribution < 1.29 is 9.53 Å². The molecule has 1 amide bonds. The highest BCUT2D eigenvalue weighted by Gasteiger charge is 2.47. The summed E-state index contributed by atoms with van der Waals surface area (Å²) in [7, 11) is 0. The van der Waals surface area contributed by atoms with Gasteiger partial charge in [0.2, 0.25) is 0 Å². The summed E-state index contributed by atoms with van der Waals surface area (Å²) in [6, 6.07) is 11.2. The normalized spacial score (nSPS) is 22.1. The molecule has 4 nitrogen and oxygen atoms in total. The van der Waals surface area contributed by atoms with E-state index in [1.165, 1.54) is 5.56 Å². The number of hydrogen-bond acceptors (Lipinski definition) is 3. The maximum atomic E-state index is 12.2. The molecule has 1 aromatic rings. The zero-order valence-electron chi connectivity index (χ0n) is 15.4. The van der Waals surface area contributed by atoms with Crippen molar-refractivity contribution in [1.82, 2.24) is 9.80 Å². The molecule has 1 aromatic carbocycles. The van der Waals surface area contributed by atoms with E-state index in [1.807, 2.05) is 25.7 Å². The fraction of sp³-hybridized carbons (Fsp3) is 0.650. The zero-order valence-corrected chi connectivity index (χ0v) is 15.4. The van der Waals surface area contributed by atoms with Gasteiger partial charge >= 0.3 is 6.09 Å². The summed E-state index contributed by atoms with van der Waals surface area (Å²) < 4.78 is 5.49. The number of rotatable bonds is 2. The molecule has 0 aliphatic carbocycles. The lowest BCUT2D eigenvalue weighted by molar-refractivity contribution is -0.0687. The lowest BCUT2D eigenvalue weighted by Gasteiger charge is -2.56. The molecule has 1 spiro atoms. The largest absolute Gasteiger partial charge is 0.444 e. The van der Waals surface area contributed by atoms with Crippen LogP contribution < -0.4 is 0 Å². The van der Waals surface area contributed by atoms with E-state index in [0.717, 1.165) is 39.0 Å². The average molecular weight is 330 g/mol. The van der Waals surface area contributed by atoms with Crippen LogP contribution in [0.15, 0.2) is 30.3 Å². The lowest BCUT2D eigenvalue weighted by atomic mass is 9.71. The van der Waals surface area contributed by atoms with Gasteiger partial charge in [-0.2, -0.15) is 0 Å². The summed E-state index contributed by atoms with van der Waals surface area (Å²) in [4.78, 5) is 16.6. The van der Waals surface area contributed by atoms with E-state index < -0.39 is 5.60 Å². The number of amides is 1. The third-order valence-electron chi connectivity index (χ3n) is 5.38. The van der Waals surface area contributed by atoms with Gasteiger partial charge in [0.15, 0.2) is 0 Å². The molecule has 0 unspecified atom stereocenters. The summed E-state index contributed by atoms with van der Waals surface area (Å²) in [5, 5.41) is 0. The standard InChI is InChI=1S/C20H30N2O2/c1-16(17-8-6-5-7-9-17)22-14-20(15-22)10-12-21(13-11-20)18(23)24-19(2,3)4/h5-9,16H,10-15H2,1-4H3/t16-/m1/s1. The van der Waals surface area contributed by atoms with Crippen LogP contribution in [0.2, 0.25) is 0 Å². The zero-order chi connectivity index (χ0) is 17.4. The second-order valence-electron chi connectivity index (χ2n) is 8.46. The predicted molar refractivity (Wildman–Crippen MR) is 95.9 cm³/mol. The number of ether oxygens (including phenoxy) is 1. The van der Waals surface area contributed by atoms with Gasteiger partial charge in [-0.3, -0.25) is 4.90 Å². The highest BCUT2D eigenvalue weighted by Crippen LogP contribution is 2.44. The van der Waals surface area contributed by atoms with Crippen LogP contribution in [0.25, 0.3) is 0 Å². The third kappa shape index (κ3) is 3.75. The first kappa shape index (κ1) is 17.3. The van der Waals surface area contributed by atoms with Crippen LogP contribution in [-0.4, -0.2) is 47.7 Å². The summed E-state index contributed by atoms with van der Waals surface area (Å²) in [5.74, 6) is 0. The van der Waals surface area contributed by atoms with Crippen molar-refractivity contribution in [3.63, 3.8) is 0 Å². The molecule has 4 heteroatoms. The number of nitrogens with zero attached hydrogens (tertiary/aromatic N) is 2. The number of carbonyl (C=O) groups excluding carboxylic acids is 1. The van der Waals surface area contributed by atoms with E-state index >= 15 is 0 Å². The number of carbonyl (C=O) groups is 1. The van der Waals surface area contributed by atoms with Crippen molar-refractivity contribution in [3.05, 3.63) is 35.9 Å². The van der Waals surface area contributed by atoms with E-state index in [1.54, 1.807) is 0 Å². The van der Waals surface area contributed by atoms with Crippen molar-refractivity contribution in [2.75, 3.05) is 26.2 Å². The molecule has 2 aliphatic heterocycles. The van der Waals surface area contributed by atoms with Gasteiger partial charge in [-0.05, 0) is 51.5 Å². The Morgan fingerprint density at radius 2 is 1.71 bits per heavy atom. The Balaban J connectivity index is 1.49. The molecule has 0 aromatic heterocycles. The molecule has 132 valence electrons. The van der Waals surface area contributed by atoms with Gasteiger partial charge in [0, 0.05) is 32.2 Å². The second kappa shape index (κ2) is 6.40. The van der Waals surface area contributed by atoms with Crippen molar-refractivity contribution in [2.45, 2.75) is 52.2 Å². The quantitative estimate of drug-likeness (QED) is 0.819. The van der Waals surface area contributed by atoms with Crippen LogP contribution in [-0.2, 0) is 4.74 Å². The molecule has 0 N–H and O–H groups in total. The minimum absolute atomic E-state index is 0.161. The van der Waals surface area contributed by atoms with Gasteiger partial charge in [-0.25, -0.2) is 4.79 Å². The Bertz CT molecular complexity index is 563. The monoisotopic (exact) mass is 330 g/mol. The molecule has 0 radical (unpaired) electrons. The Labute approximate surface area is 145 Å². The van der Waals surface area contributed by atoms with Gasteiger partial charge in [-0.1, -0.05) is 30.3 Å². The first-order valence-electron chi connectivity index (χ1n) is 9.05. The molecule has 2 saturated heterocycles. The van der Waals surface area contributed by atoms with Crippen LogP contribution in [0.3, 0.4) is 0 Å². The fourth-order valence-corrected chi connectivity index (χ4v) is 3.84. The molecule has 2 aliphatic rings. The molecule has 2 heterocycles. The highest BCUT2D eigenvalue weighted by molar-refractivity contribution is 5.68. The Morgan fingerprint density at radius 3 is 2.25 bits per heavy atom. The van der Waals surface area contributed by atoms with Gasteiger partial charge in [0.05, 0.1) is 0 Å². The van der Waals surface area contributed by atoms with Gasteiger partial charge in [0.1, 0.15) is 5.60 Å². The van der Waals surface area contributed by atoms with Crippen molar-refractivity contribution in [1.29, 1.82) is 0 Å². The Morgan fingerprint density at radius 1 is 1.12 bits per heavy atom. The van der Waals surface area contributed by atoms with E-state index in [-0.39, 0.29) is 6.09 Å². The SMILES string of the molecule is C[C@H](c1ccccc1)N1CC2(CCN(C(=O)OC(C)(C)C)CC2)C1. The molecule has 2 fully saturated rings. The van der Waals surface area contributed by atoms with E-state index in [2.05, 4.69) is 42.2 Å². The molecule has 0 saturated carbocycles. The number of hydrogen-bond donors (Lipinski definition) is 0. The first-order valence-corrected chi connectivity index (χ1v) is 9.05. The molecule has 3 rings (SSSR count). The van der Waals surface area contributed by atoms with E-state index in [0.29, 0.717) is 11.5 Å². The van der Waals surface area contributed by atoms with E-state index in [9.17, 15) is 4.79 Å². The Hall–Kier alpha value is -1.55. The van der Waals surface area contributed by atoms with Gasteiger partial charge < -0.3 is 9.64 Å². The summed E-state index contributed by atoms with van der Waals surface area (Å²) >= 11 is 0. The van der Waals surface area contributed by atoms with Crippen molar-refractivity contribution in [3.8, 4) is 0 Å². The maximum Gasteiger partial charge on any atom is 0.410 e. The average Bonchev–Trinajstić information content (AvgIpc) is 2.51. The van der Waals surface area contributed by atoms with E-state index in [4.69, 9.17) is 4.74 Å². The van der Waals surface area contributed by atoms with Crippen LogP contribution in [0, 0.1) is 5.41 Å². The maximum absolute atomic E-state index is 12.2. The molecule has 0 bridgehead atoms. The van der Waals surface area contributed by atoms with Crippen LogP contribution in [0.1, 0.15) is 52.1 Å². The lowest BCUT2D eigenvalue weighted by Crippen LogP contribution is -2.61. The van der Waals surface area contributed by atoms with Crippen LogP contribution >= 0.6 is 0 Å². The third-order valence-corrected chi connectivity index (χ3v) is 5.38. The predicted octanol–water partition coefficient (Wildman–Crippen LogP) is 4.08. The van der Waals surface area contributed by atoms with Crippen molar-refractivity contribution >= 4 is 6.09 Å². The van der Waals surface area contributed by atoms with Gasteiger partial charge in [0.25, 0.3) is 0 Å². The smallest absolute Gasteiger partial charge is 0.410 e. The molecular formula is C20H30N2O2. The summed E-state index contributed by atoms with van der Waals surface area (Å²) in [6.07, 6.45) is 2.01. The summed E-state index contributed by atoms with van der Waals surface area (Å²) in [5.41, 5.74) is 1.38. The highest BCUT2D eigenvalue weighted by atomic mass is 16.6. The number of likely N-dealkylation sites (tertiary alicyclic amines) is 2. The molecular weight excluding hydrogens is 300 g/mol. The van der Waals surface area contributed by atoms with Crippen LogP contribution in [0.4, 0.5) is 4.79 Å². The minimum atomic E-state index is -0.412.